The fourth-order valence-corrected chi connectivity index (χ4v) is 3.29. The van der Waals surface area contributed by atoms with Crippen molar-refractivity contribution in [2.24, 2.45) is 5.92 Å². The normalized spacial score (nSPS) is 16.3. The van der Waals surface area contributed by atoms with E-state index in [9.17, 15) is 4.79 Å². The van der Waals surface area contributed by atoms with E-state index in [1.807, 2.05) is 17.0 Å². The second-order valence-electron chi connectivity index (χ2n) is 5.74. The second kappa shape index (κ2) is 11.0. The minimum atomic E-state index is -0.00708. The molecule has 0 radical (unpaired) electrons. The molecule has 0 saturated carbocycles. The van der Waals surface area contributed by atoms with Crippen molar-refractivity contribution in [3.8, 4) is 0 Å². The Morgan fingerprint density at radius 2 is 2.22 bits per heavy atom. The van der Waals surface area contributed by atoms with Crippen molar-refractivity contribution in [2.75, 3.05) is 39.9 Å². The molecular formula is C17H26BrClN2O2. The van der Waals surface area contributed by atoms with Gasteiger partial charge in [-0.2, -0.15) is 0 Å². The Morgan fingerprint density at radius 3 is 2.96 bits per heavy atom. The van der Waals surface area contributed by atoms with Gasteiger partial charge in [0, 0.05) is 43.7 Å². The van der Waals surface area contributed by atoms with E-state index >= 15 is 0 Å². The lowest BCUT2D eigenvalue weighted by Gasteiger charge is -2.26. The molecule has 1 amide bonds. The zero-order valence-electron chi connectivity index (χ0n) is 13.6. The van der Waals surface area contributed by atoms with Gasteiger partial charge in [0.15, 0.2) is 0 Å². The first-order valence-corrected chi connectivity index (χ1v) is 8.73. The zero-order valence-corrected chi connectivity index (χ0v) is 16.0. The molecule has 0 aromatic heterocycles. The van der Waals surface area contributed by atoms with Crippen LogP contribution in [0.5, 0.6) is 0 Å². The van der Waals surface area contributed by atoms with Crippen LogP contribution < -0.4 is 5.32 Å². The Bertz CT molecular complexity index is 479. The minimum Gasteiger partial charge on any atom is -0.385 e. The number of amides is 1. The zero-order chi connectivity index (χ0) is 15.8. The predicted octanol–water partition coefficient (Wildman–Crippen LogP) is 2.89. The Kier molecular flexibility index (Phi) is 9.79. The van der Waals surface area contributed by atoms with Gasteiger partial charge in [0.25, 0.3) is 0 Å². The van der Waals surface area contributed by atoms with Gasteiger partial charge < -0.3 is 15.0 Å². The number of carbonyl (C=O) groups is 1. The number of ether oxygens (including phenoxy) is 1. The van der Waals surface area contributed by atoms with Gasteiger partial charge in [-0.15, -0.1) is 12.4 Å². The summed E-state index contributed by atoms with van der Waals surface area (Å²) < 4.78 is 6.26. The van der Waals surface area contributed by atoms with Crippen molar-refractivity contribution in [3.63, 3.8) is 0 Å². The molecule has 4 nitrogen and oxygen atoms in total. The Hall–Kier alpha value is -0.620. The van der Waals surface area contributed by atoms with Crippen molar-refractivity contribution in [1.82, 2.24) is 10.2 Å². The van der Waals surface area contributed by atoms with Gasteiger partial charge in [0.1, 0.15) is 0 Å². The largest absolute Gasteiger partial charge is 0.385 e. The van der Waals surface area contributed by atoms with Crippen LogP contribution in [0.3, 0.4) is 0 Å². The Morgan fingerprint density at radius 1 is 1.39 bits per heavy atom. The van der Waals surface area contributed by atoms with E-state index in [0.717, 1.165) is 49.9 Å². The van der Waals surface area contributed by atoms with Crippen LogP contribution in [0.15, 0.2) is 28.7 Å². The average molecular weight is 406 g/mol. The van der Waals surface area contributed by atoms with Crippen molar-refractivity contribution in [1.29, 1.82) is 0 Å². The summed E-state index contributed by atoms with van der Waals surface area (Å²) >= 11 is 3.50. The number of hydrogen-bond acceptors (Lipinski definition) is 3. The summed E-state index contributed by atoms with van der Waals surface area (Å²) in [5.41, 5.74) is 1.19. The molecule has 1 fully saturated rings. The smallest absolute Gasteiger partial charge is 0.226 e. The van der Waals surface area contributed by atoms with Crippen LogP contribution in [0.1, 0.15) is 18.4 Å². The number of benzene rings is 1. The molecule has 0 bridgehead atoms. The van der Waals surface area contributed by atoms with E-state index in [1.165, 1.54) is 5.56 Å². The van der Waals surface area contributed by atoms with Gasteiger partial charge in [-0.3, -0.25) is 4.79 Å². The third-order valence-electron chi connectivity index (χ3n) is 4.04. The molecule has 0 spiro atoms. The lowest BCUT2D eigenvalue weighted by molar-refractivity contribution is -0.135. The summed E-state index contributed by atoms with van der Waals surface area (Å²) in [5.74, 6) is 0.257. The summed E-state index contributed by atoms with van der Waals surface area (Å²) in [6, 6.07) is 8.21. The van der Waals surface area contributed by atoms with Crippen molar-refractivity contribution < 1.29 is 9.53 Å². The number of nitrogens with one attached hydrogen (secondary N) is 1. The molecule has 130 valence electrons. The van der Waals surface area contributed by atoms with E-state index in [1.54, 1.807) is 7.11 Å². The van der Waals surface area contributed by atoms with Crippen LogP contribution in [-0.4, -0.2) is 50.7 Å². The van der Waals surface area contributed by atoms with E-state index in [0.29, 0.717) is 6.61 Å². The van der Waals surface area contributed by atoms with Crippen molar-refractivity contribution in [3.05, 3.63) is 34.3 Å². The van der Waals surface area contributed by atoms with Crippen LogP contribution in [0.4, 0.5) is 0 Å². The first-order chi connectivity index (χ1) is 10.7. The van der Waals surface area contributed by atoms with Crippen molar-refractivity contribution in [2.45, 2.75) is 19.3 Å². The number of nitrogens with zero attached hydrogens (tertiary/aromatic N) is 1. The van der Waals surface area contributed by atoms with Crippen molar-refractivity contribution >= 4 is 34.2 Å². The Balaban J connectivity index is 0.00000264. The highest BCUT2D eigenvalue weighted by atomic mass is 79.9. The van der Waals surface area contributed by atoms with Gasteiger partial charge in [-0.1, -0.05) is 28.1 Å². The summed E-state index contributed by atoms with van der Waals surface area (Å²) in [5, 5.41) is 3.35. The SMILES string of the molecule is COCCC(Cc1cccc(Br)c1)C(=O)N1CCCNCC1.Cl. The first kappa shape index (κ1) is 20.4. The molecule has 2 rings (SSSR count). The fourth-order valence-electron chi connectivity index (χ4n) is 2.85. The molecule has 1 N–H and O–H groups in total. The highest BCUT2D eigenvalue weighted by molar-refractivity contribution is 9.10. The topological polar surface area (TPSA) is 41.6 Å². The highest BCUT2D eigenvalue weighted by Gasteiger charge is 2.25. The maximum atomic E-state index is 12.9. The van der Waals surface area contributed by atoms with Crippen LogP contribution in [0.25, 0.3) is 0 Å². The van der Waals surface area contributed by atoms with Gasteiger partial charge in [0.2, 0.25) is 5.91 Å². The molecule has 6 heteroatoms. The van der Waals surface area contributed by atoms with E-state index in [-0.39, 0.29) is 24.2 Å². The molecule has 1 heterocycles. The molecule has 1 aliphatic heterocycles. The van der Waals surface area contributed by atoms with Crippen LogP contribution in [0.2, 0.25) is 0 Å². The maximum absolute atomic E-state index is 12.9. The van der Waals surface area contributed by atoms with Gasteiger partial charge >= 0.3 is 0 Å². The minimum absolute atomic E-state index is 0. The quantitative estimate of drug-likeness (QED) is 0.791. The summed E-state index contributed by atoms with van der Waals surface area (Å²) in [6.07, 6.45) is 2.57. The second-order valence-corrected chi connectivity index (χ2v) is 6.66. The first-order valence-electron chi connectivity index (χ1n) is 7.93. The average Bonchev–Trinajstić information content (AvgIpc) is 2.80. The number of carbonyl (C=O) groups excluding carboxylic acids is 1. The van der Waals surface area contributed by atoms with Gasteiger partial charge in [0.05, 0.1) is 0 Å². The van der Waals surface area contributed by atoms with E-state index in [2.05, 4.69) is 33.4 Å². The third-order valence-corrected chi connectivity index (χ3v) is 4.54. The molecule has 1 unspecified atom stereocenters. The number of hydrogen-bond donors (Lipinski definition) is 1. The van der Waals surface area contributed by atoms with Crippen LogP contribution >= 0.6 is 28.3 Å². The highest BCUT2D eigenvalue weighted by Crippen LogP contribution is 2.19. The monoisotopic (exact) mass is 404 g/mol. The number of methoxy groups -OCH3 is 1. The molecule has 1 aliphatic rings. The molecular weight excluding hydrogens is 380 g/mol. The molecule has 1 atom stereocenters. The number of halogens is 2. The van der Waals surface area contributed by atoms with E-state index < -0.39 is 0 Å². The summed E-state index contributed by atoms with van der Waals surface area (Å²) in [4.78, 5) is 14.9. The van der Waals surface area contributed by atoms with E-state index in [4.69, 9.17) is 4.74 Å². The third kappa shape index (κ3) is 6.79. The van der Waals surface area contributed by atoms with Crippen LogP contribution in [0, 0.1) is 5.92 Å². The lowest BCUT2D eigenvalue weighted by atomic mass is 9.95. The molecule has 0 aliphatic carbocycles. The number of rotatable bonds is 6. The fraction of sp³-hybridized carbons (Fsp3) is 0.588. The van der Waals surface area contributed by atoms with Gasteiger partial charge in [-0.05, 0) is 43.5 Å². The summed E-state index contributed by atoms with van der Waals surface area (Å²) in [6.45, 7) is 4.17. The maximum Gasteiger partial charge on any atom is 0.226 e. The lowest BCUT2D eigenvalue weighted by Crippen LogP contribution is -2.39. The summed E-state index contributed by atoms with van der Waals surface area (Å²) in [7, 11) is 1.69. The molecule has 1 saturated heterocycles. The Labute approximate surface area is 153 Å². The van der Waals surface area contributed by atoms with Crippen LogP contribution in [-0.2, 0) is 16.0 Å². The predicted molar refractivity (Wildman–Crippen MR) is 99.1 cm³/mol. The molecule has 1 aromatic rings. The standard InChI is InChI=1S/C17H25BrN2O2.ClH/c1-22-11-6-15(12-14-4-2-5-16(18)13-14)17(21)20-9-3-7-19-8-10-20;/h2,4-5,13,15,19H,3,6-12H2,1H3;1H. The van der Waals surface area contributed by atoms with Gasteiger partial charge in [-0.25, -0.2) is 0 Å². The molecule has 23 heavy (non-hydrogen) atoms. The molecule has 1 aromatic carbocycles.